The lowest BCUT2D eigenvalue weighted by molar-refractivity contribution is 0.163. The monoisotopic (exact) mass is 200 g/mol. The quantitative estimate of drug-likeness (QED) is 0.683. The summed E-state index contributed by atoms with van der Waals surface area (Å²) in [6.45, 7) is 0.973. The van der Waals surface area contributed by atoms with Gasteiger partial charge in [0.05, 0.1) is 4.90 Å². The average molecular weight is 200 g/mol. The van der Waals surface area contributed by atoms with Crippen LogP contribution in [-0.2, 0) is 11.0 Å². The lowest BCUT2D eigenvalue weighted by Gasteiger charge is -2.16. The number of aromatic nitrogens is 1. The minimum atomic E-state index is -1.53. The molecule has 70 valence electrons. The van der Waals surface area contributed by atoms with Crippen molar-refractivity contribution in [2.24, 2.45) is 5.14 Å². The Labute approximate surface area is 77.5 Å². The Morgan fingerprint density at radius 3 is 3.00 bits per heavy atom. The molecule has 0 bridgehead atoms. The van der Waals surface area contributed by atoms with Gasteiger partial charge in [-0.2, -0.15) is 0 Å². The largest absolute Gasteiger partial charge is 0.484 e. The van der Waals surface area contributed by atoms with Crippen LogP contribution < -0.4 is 14.6 Å². The van der Waals surface area contributed by atoms with Crippen molar-refractivity contribution in [2.45, 2.75) is 4.90 Å². The van der Waals surface area contributed by atoms with Crippen molar-refractivity contribution >= 4 is 11.0 Å². The number of ether oxygens (including phenoxy) is 2. The lowest BCUT2D eigenvalue weighted by atomic mass is 10.4. The number of hydrogen-bond donors (Lipinski definition) is 1. The van der Waals surface area contributed by atoms with Crippen LogP contribution in [0.25, 0.3) is 0 Å². The molecule has 1 aliphatic heterocycles. The van der Waals surface area contributed by atoms with Gasteiger partial charge in [-0.1, -0.05) is 0 Å². The van der Waals surface area contributed by atoms with E-state index in [0.29, 0.717) is 29.7 Å². The van der Waals surface area contributed by atoms with Crippen molar-refractivity contribution in [3.8, 4) is 11.6 Å². The van der Waals surface area contributed by atoms with Gasteiger partial charge in [-0.15, -0.1) is 0 Å². The molecule has 6 heteroatoms. The maximum absolute atomic E-state index is 10.9. The van der Waals surface area contributed by atoms with E-state index in [1.165, 1.54) is 6.20 Å². The zero-order valence-corrected chi connectivity index (χ0v) is 7.54. The number of nitrogens with two attached hydrogens (primary N) is 1. The van der Waals surface area contributed by atoms with Gasteiger partial charge in [0, 0.05) is 12.3 Å². The Bertz CT molecular complexity index is 356. The third-order valence-electron chi connectivity index (χ3n) is 1.61. The van der Waals surface area contributed by atoms with Gasteiger partial charge in [0.25, 0.3) is 5.88 Å². The van der Waals surface area contributed by atoms with Crippen LogP contribution in [0.5, 0.6) is 11.6 Å². The number of pyridine rings is 1. The van der Waals surface area contributed by atoms with E-state index < -0.39 is 11.0 Å². The molecule has 2 N–H and O–H groups in total. The maximum Gasteiger partial charge on any atom is 0.257 e. The lowest BCUT2D eigenvalue weighted by Crippen LogP contribution is -2.17. The molecule has 1 aliphatic rings. The topological polar surface area (TPSA) is 74.4 Å². The number of nitrogens with zero attached hydrogens (tertiary/aromatic N) is 1. The van der Waals surface area contributed by atoms with Gasteiger partial charge in [-0.25, -0.2) is 14.3 Å². The maximum atomic E-state index is 10.9. The van der Waals surface area contributed by atoms with Crippen molar-refractivity contribution < 1.29 is 13.7 Å². The van der Waals surface area contributed by atoms with Gasteiger partial charge in [0.1, 0.15) is 24.2 Å². The van der Waals surface area contributed by atoms with Crippen LogP contribution >= 0.6 is 0 Å². The molecule has 1 aromatic heterocycles. The second kappa shape index (κ2) is 3.31. The fourth-order valence-corrected chi connectivity index (χ4v) is 1.41. The van der Waals surface area contributed by atoms with Gasteiger partial charge in [0.2, 0.25) is 0 Å². The van der Waals surface area contributed by atoms with E-state index >= 15 is 0 Å². The smallest absolute Gasteiger partial charge is 0.257 e. The Morgan fingerprint density at radius 1 is 1.46 bits per heavy atom. The summed E-state index contributed by atoms with van der Waals surface area (Å²) >= 11 is 0. The summed E-state index contributed by atoms with van der Waals surface area (Å²) in [7, 11) is -1.53. The Morgan fingerprint density at radius 2 is 2.23 bits per heavy atom. The fourth-order valence-electron chi connectivity index (χ4n) is 1.03. The summed E-state index contributed by atoms with van der Waals surface area (Å²) < 4.78 is 21.3. The minimum absolute atomic E-state index is 0.431. The Balaban J connectivity index is 2.40. The second-order valence-corrected chi connectivity index (χ2v) is 3.53. The van der Waals surface area contributed by atoms with Gasteiger partial charge >= 0.3 is 0 Å². The SMILES string of the molecule is NS(=O)c1cnc2c(c1)OCCO2. The van der Waals surface area contributed by atoms with Gasteiger partial charge < -0.3 is 9.47 Å². The van der Waals surface area contributed by atoms with Gasteiger partial charge in [-0.05, 0) is 0 Å². The number of fused-ring (bicyclic) bond motifs is 1. The summed E-state index contributed by atoms with van der Waals surface area (Å²) in [5.74, 6) is 0.933. The molecule has 0 radical (unpaired) electrons. The van der Waals surface area contributed by atoms with Crippen molar-refractivity contribution in [1.82, 2.24) is 4.98 Å². The number of rotatable bonds is 1. The summed E-state index contributed by atoms with van der Waals surface area (Å²) in [5.41, 5.74) is 0. The summed E-state index contributed by atoms with van der Waals surface area (Å²) in [5, 5.41) is 5.18. The first-order chi connectivity index (χ1) is 6.27. The van der Waals surface area contributed by atoms with Crippen LogP contribution in [0, 0.1) is 0 Å². The molecule has 1 aromatic rings. The van der Waals surface area contributed by atoms with Crippen LogP contribution in [0.15, 0.2) is 17.2 Å². The molecule has 1 atom stereocenters. The van der Waals surface area contributed by atoms with Gasteiger partial charge in [0.15, 0.2) is 5.75 Å². The van der Waals surface area contributed by atoms with E-state index in [9.17, 15) is 4.21 Å². The van der Waals surface area contributed by atoms with E-state index in [1.807, 2.05) is 0 Å². The van der Waals surface area contributed by atoms with E-state index in [0.717, 1.165) is 0 Å². The van der Waals surface area contributed by atoms with Crippen molar-refractivity contribution in [3.63, 3.8) is 0 Å². The summed E-state index contributed by atoms with van der Waals surface area (Å²) in [4.78, 5) is 4.35. The first kappa shape index (κ1) is 8.46. The van der Waals surface area contributed by atoms with Crippen molar-refractivity contribution in [2.75, 3.05) is 13.2 Å². The van der Waals surface area contributed by atoms with Crippen molar-refractivity contribution in [1.29, 1.82) is 0 Å². The van der Waals surface area contributed by atoms with Crippen LogP contribution in [0.1, 0.15) is 0 Å². The predicted molar refractivity (Wildman–Crippen MR) is 45.8 cm³/mol. The molecule has 0 saturated carbocycles. The molecule has 2 rings (SSSR count). The van der Waals surface area contributed by atoms with E-state index in [1.54, 1.807) is 6.07 Å². The molecule has 0 fully saturated rings. The first-order valence-corrected chi connectivity index (χ1v) is 4.90. The summed E-state index contributed by atoms with van der Waals surface area (Å²) in [6.07, 6.45) is 1.42. The molecule has 0 saturated heterocycles. The van der Waals surface area contributed by atoms with E-state index in [2.05, 4.69) is 4.98 Å². The average Bonchev–Trinajstić information content (AvgIpc) is 2.17. The highest BCUT2D eigenvalue weighted by Crippen LogP contribution is 2.28. The van der Waals surface area contributed by atoms with Gasteiger partial charge in [-0.3, -0.25) is 0 Å². The highest BCUT2D eigenvalue weighted by atomic mass is 32.2. The van der Waals surface area contributed by atoms with E-state index in [4.69, 9.17) is 14.6 Å². The molecular weight excluding hydrogens is 192 g/mol. The molecule has 13 heavy (non-hydrogen) atoms. The Kier molecular flexibility index (Phi) is 2.15. The molecule has 0 spiro atoms. The highest BCUT2D eigenvalue weighted by Gasteiger charge is 2.14. The third kappa shape index (κ3) is 1.63. The Hall–Kier alpha value is -1.14. The van der Waals surface area contributed by atoms with Crippen molar-refractivity contribution in [3.05, 3.63) is 12.3 Å². The fraction of sp³-hybridized carbons (Fsp3) is 0.286. The first-order valence-electron chi connectivity index (χ1n) is 3.69. The zero-order valence-electron chi connectivity index (χ0n) is 6.73. The third-order valence-corrected chi connectivity index (χ3v) is 2.29. The van der Waals surface area contributed by atoms with Crippen LogP contribution in [0.2, 0.25) is 0 Å². The standard InChI is InChI=1S/C7H8N2O3S/c8-13(10)5-3-6-7(9-4-5)12-2-1-11-6/h3-4H,1-2,8H2. The molecule has 0 amide bonds. The predicted octanol–water partition coefficient (Wildman–Crippen LogP) is -0.166. The molecule has 0 aliphatic carbocycles. The highest BCUT2D eigenvalue weighted by molar-refractivity contribution is 7.82. The van der Waals surface area contributed by atoms with E-state index in [-0.39, 0.29) is 0 Å². The molecule has 0 aromatic carbocycles. The van der Waals surface area contributed by atoms with Crippen LogP contribution in [-0.4, -0.2) is 22.4 Å². The van der Waals surface area contributed by atoms with Crippen LogP contribution in [0.3, 0.4) is 0 Å². The molecular formula is C7H8N2O3S. The normalized spacial score (nSPS) is 16.7. The zero-order chi connectivity index (χ0) is 9.26. The summed E-state index contributed by atoms with van der Waals surface area (Å²) in [6, 6.07) is 1.58. The molecule has 2 heterocycles. The molecule has 5 nitrogen and oxygen atoms in total. The molecule has 1 unspecified atom stereocenters. The van der Waals surface area contributed by atoms with Crippen LogP contribution in [0.4, 0.5) is 0 Å². The number of hydrogen-bond acceptors (Lipinski definition) is 4. The second-order valence-electron chi connectivity index (χ2n) is 2.47. The minimum Gasteiger partial charge on any atom is -0.484 e.